The monoisotopic (exact) mass is 334 g/mol. The topological polar surface area (TPSA) is 79.0 Å². The molecule has 2 aromatic rings. The van der Waals surface area contributed by atoms with Crippen molar-refractivity contribution in [2.45, 2.75) is 55.9 Å². The molecule has 1 fully saturated rings. The van der Waals surface area contributed by atoms with Gasteiger partial charge in [-0.2, -0.15) is 0 Å². The number of pyridine rings is 1. The zero-order valence-electron chi connectivity index (χ0n) is 13.0. The zero-order valence-corrected chi connectivity index (χ0v) is 13.9. The van der Waals surface area contributed by atoms with E-state index in [1.807, 2.05) is 0 Å². The Balaban J connectivity index is 1.83. The Hall–Kier alpha value is -1.66. The summed E-state index contributed by atoms with van der Waals surface area (Å²) >= 11 is 0. The highest BCUT2D eigenvalue weighted by Gasteiger charge is 2.21. The highest BCUT2D eigenvalue weighted by atomic mass is 32.2. The van der Waals surface area contributed by atoms with Crippen LogP contribution in [0.1, 0.15) is 44.9 Å². The lowest BCUT2D eigenvalue weighted by Gasteiger charge is -2.21. The van der Waals surface area contributed by atoms with Gasteiger partial charge in [-0.25, -0.2) is 13.1 Å². The van der Waals surface area contributed by atoms with Crippen molar-refractivity contribution in [2.75, 3.05) is 0 Å². The van der Waals surface area contributed by atoms with E-state index in [0.29, 0.717) is 10.9 Å². The van der Waals surface area contributed by atoms with Crippen molar-refractivity contribution in [3.8, 4) is 0 Å². The smallest absolute Gasteiger partial charge is 0.248 e. The fourth-order valence-corrected chi connectivity index (χ4v) is 4.50. The normalized spacial score (nSPS) is 17.7. The van der Waals surface area contributed by atoms with E-state index in [4.69, 9.17) is 0 Å². The number of sulfonamides is 1. The molecule has 6 heteroatoms. The standard InChI is InChI=1S/C17H22N2O3S/c20-17-11-8-13-12-15(9-10-16(13)18-17)23(21,22)19-14-6-4-2-1-3-5-7-14/h8-12,14,19H,1-7H2,(H,18,20). The summed E-state index contributed by atoms with van der Waals surface area (Å²) < 4.78 is 28.1. The maximum Gasteiger partial charge on any atom is 0.248 e. The van der Waals surface area contributed by atoms with Gasteiger partial charge in [0.15, 0.2) is 0 Å². The van der Waals surface area contributed by atoms with Gasteiger partial charge in [-0.15, -0.1) is 0 Å². The zero-order chi connectivity index (χ0) is 16.3. The quantitative estimate of drug-likeness (QED) is 0.906. The minimum absolute atomic E-state index is 0.0200. The van der Waals surface area contributed by atoms with Gasteiger partial charge in [0.05, 0.1) is 4.90 Å². The minimum Gasteiger partial charge on any atom is -0.322 e. The molecule has 124 valence electrons. The third-order valence-corrected chi connectivity index (χ3v) is 5.95. The summed E-state index contributed by atoms with van der Waals surface area (Å²) in [4.78, 5) is 14.2. The van der Waals surface area contributed by atoms with Crippen LogP contribution >= 0.6 is 0 Å². The number of benzene rings is 1. The number of rotatable bonds is 3. The third-order valence-electron chi connectivity index (χ3n) is 4.43. The Morgan fingerprint density at radius 1 is 0.957 bits per heavy atom. The van der Waals surface area contributed by atoms with Crippen LogP contribution in [0.2, 0.25) is 0 Å². The molecule has 2 N–H and O–H groups in total. The van der Waals surface area contributed by atoms with Gasteiger partial charge in [0, 0.05) is 17.6 Å². The molecule has 3 rings (SSSR count). The Kier molecular flexibility index (Phi) is 4.82. The van der Waals surface area contributed by atoms with Crippen LogP contribution in [0, 0.1) is 0 Å². The minimum atomic E-state index is -3.53. The molecule has 1 aromatic carbocycles. The molecule has 0 atom stereocenters. The van der Waals surface area contributed by atoms with E-state index < -0.39 is 10.0 Å². The van der Waals surface area contributed by atoms with Crippen molar-refractivity contribution in [1.82, 2.24) is 9.71 Å². The summed E-state index contributed by atoms with van der Waals surface area (Å²) in [5, 5.41) is 0.713. The van der Waals surface area contributed by atoms with Gasteiger partial charge in [0.2, 0.25) is 15.6 Å². The van der Waals surface area contributed by atoms with E-state index >= 15 is 0 Å². The van der Waals surface area contributed by atoms with Gasteiger partial charge in [-0.05, 0) is 42.5 Å². The number of hydrogen-bond acceptors (Lipinski definition) is 3. The van der Waals surface area contributed by atoms with Crippen LogP contribution in [-0.2, 0) is 10.0 Å². The molecule has 1 aliphatic carbocycles. The van der Waals surface area contributed by atoms with Gasteiger partial charge in [0.25, 0.3) is 0 Å². The van der Waals surface area contributed by atoms with Crippen LogP contribution in [-0.4, -0.2) is 19.4 Å². The number of aromatic nitrogens is 1. The van der Waals surface area contributed by atoms with E-state index in [0.717, 1.165) is 25.7 Å². The van der Waals surface area contributed by atoms with Crippen molar-refractivity contribution in [1.29, 1.82) is 0 Å². The molecule has 1 saturated carbocycles. The Labute approximate surface area is 136 Å². The maximum absolute atomic E-state index is 12.6. The molecule has 0 bridgehead atoms. The first-order valence-electron chi connectivity index (χ1n) is 8.20. The Morgan fingerprint density at radius 3 is 2.39 bits per heavy atom. The first-order valence-corrected chi connectivity index (χ1v) is 9.68. The molecule has 0 saturated heterocycles. The van der Waals surface area contributed by atoms with E-state index in [2.05, 4.69) is 9.71 Å². The van der Waals surface area contributed by atoms with Gasteiger partial charge < -0.3 is 4.98 Å². The second-order valence-corrected chi connectivity index (χ2v) is 7.95. The lowest BCUT2D eigenvalue weighted by atomic mass is 9.97. The fourth-order valence-electron chi connectivity index (χ4n) is 3.16. The van der Waals surface area contributed by atoms with Gasteiger partial charge in [0.1, 0.15) is 0 Å². The lowest BCUT2D eigenvalue weighted by Crippen LogP contribution is -2.35. The van der Waals surface area contributed by atoms with E-state index in [1.54, 1.807) is 24.3 Å². The molecule has 0 amide bonds. The summed E-state index contributed by atoms with van der Waals surface area (Å²) in [6, 6.07) is 7.86. The van der Waals surface area contributed by atoms with Gasteiger partial charge >= 0.3 is 0 Å². The van der Waals surface area contributed by atoms with Crippen molar-refractivity contribution in [3.63, 3.8) is 0 Å². The van der Waals surface area contributed by atoms with E-state index in [9.17, 15) is 13.2 Å². The highest BCUT2D eigenvalue weighted by Crippen LogP contribution is 2.21. The molecule has 23 heavy (non-hydrogen) atoms. The first kappa shape index (κ1) is 16.2. The summed E-state index contributed by atoms with van der Waals surface area (Å²) in [7, 11) is -3.53. The molecule has 1 heterocycles. The molecule has 0 radical (unpaired) electrons. The molecule has 5 nitrogen and oxygen atoms in total. The predicted molar refractivity (Wildman–Crippen MR) is 91.0 cm³/mol. The van der Waals surface area contributed by atoms with Crippen LogP contribution in [0.5, 0.6) is 0 Å². The van der Waals surface area contributed by atoms with E-state index in [-0.39, 0.29) is 16.5 Å². The second kappa shape index (κ2) is 6.84. The predicted octanol–water partition coefficient (Wildman–Crippen LogP) is 2.92. The number of hydrogen-bond donors (Lipinski definition) is 2. The third kappa shape index (κ3) is 4.00. The van der Waals surface area contributed by atoms with Crippen LogP contribution in [0.4, 0.5) is 0 Å². The average Bonchev–Trinajstić information content (AvgIpc) is 2.49. The molecular formula is C17H22N2O3S. The molecule has 0 aliphatic heterocycles. The lowest BCUT2D eigenvalue weighted by molar-refractivity contribution is 0.426. The van der Waals surface area contributed by atoms with Crippen molar-refractivity contribution >= 4 is 20.9 Å². The van der Waals surface area contributed by atoms with Crippen LogP contribution < -0.4 is 10.3 Å². The van der Waals surface area contributed by atoms with Crippen LogP contribution in [0.3, 0.4) is 0 Å². The van der Waals surface area contributed by atoms with Crippen LogP contribution in [0.25, 0.3) is 10.9 Å². The number of H-pyrrole nitrogens is 1. The SMILES string of the molecule is O=c1ccc2cc(S(=O)(=O)NC3CCCCCCC3)ccc2[nH]1. The number of aromatic amines is 1. The summed E-state index contributed by atoms with van der Waals surface area (Å²) in [5.74, 6) is 0. The Morgan fingerprint density at radius 2 is 1.65 bits per heavy atom. The summed E-state index contributed by atoms with van der Waals surface area (Å²) in [6.07, 6.45) is 7.57. The molecule has 0 unspecified atom stereocenters. The maximum atomic E-state index is 12.6. The number of fused-ring (bicyclic) bond motifs is 1. The number of nitrogens with one attached hydrogen (secondary N) is 2. The average molecular weight is 334 g/mol. The van der Waals surface area contributed by atoms with Crippen molar-refractivity contribution in [2.24, 2.45) is 0 Å². The van der Waals surface area contributed by atoms with Crippen molar-refractivity contribution < 1.29 is 8.42 Å². The fraction of sp³-hybridized carbons (Fsp3) is 0.471. The largest absolute Gasteiger partial charge is 0.322 e. The second-order valence-electron chi connectivity index (χ2n) is 6.23. The summed E-state index contributed by atoms with van der Waals surface area (Å²) in [5.41, 5.74) is 0.447. The van der Waals surface area contributed by atoms with Crippen LogP contribution in [0.15, 0.2) is 40.0 Å². The first-order chi connectivity index (χ1) is 11.0. The van der Waals surface area contributed by atoms with Crippen molar-refractivity contribution in [3.05, 3.63) is 40.7 Å². The Bertz CT molecular complexity index is 834. The van der Waals surface area contributed by atoms with Gasteiger partial charge in [-0.3, -0.25) is 4.79 Å². The molecule has 1 aromatic heterocycles. The van der Waals surface area contributed by atoms with E-state index in [1.165, 1.54) is 25.3 Å². The molecular weight excluding hydrogens is 312 g/mol. The summed E-state index contributed by atoms with van der Waals surface area (Å²) in [6.45, 7) is 0. The van der Waals surface area contributed by atoms with Gasteiger partial charge in [-0.1, -0.05) is 32.1 Å². The highest BCUT2D eigenvalue weighted by molar-refractivity contribution is 7.89. The molecule has 0 spiro atoms. The molecule has 1 aliphatic rings.